The Morgan fingerprint density at radius 3 is 2.69 bits per heavy atom. The number of rotatable bonds is 2. The largest absolute Gasteiger partial charge is 0.739 e. The molecule has 0 fully saturated rings. The standard InChI is InChI=1S/C17H11BF2N2O2S2/c19-18(20)21-11-5-1-3-7-13(11)25-16(21)10(9-15(23)24)17-22(18)12-6-2-4-8-14(12)26-17/h1-8H,9H2,(H,23,24). The van der Waals surface area contributed by atoms with E-state index in [1.165, 1.54) is 23.1 Å². The molecule has 0 saturated heterocycles. The minimum Gasteiger partial charge on any atom is -0.481 e. The lowest BCUT2D eigenvalue weighted by molar-refractivity contribution is -0.536. The van der Waals surface area contributed by atoms with Crippen LogP contribution in [-0.2, 0) is 4.79 Å². The van der Waals surface area contributed by atoms with Gasteiger partial charge in [0.1, 0.15) is 0 Å². The topological polar surface area (TPSA) is 44.4 Å². The Labute approximate surface area is 155 Å². The van der Waals surface area contributed by atoms with E-state index in [-0.39, 0.29) is 6.42 Å². The summed E-state index contributed by atoms with van der Waals surface area (Å²) in [5.74, 6) is -1.04. The van der Waals surface area contributed by atoms with Crippen molar-refractivity contribution in [2.75, 3.05) is 4.81 Å². The van der Waals surface area contributed by atoms with E-state index in [4.69, 9.17) is 0 Å². The number of hydrogen-bond acceptors (Lipinski definition) is 4. The average molecular weight is 388 g/mol. The molecular weight excluding hydrogens is 377 g/mol. The molecule has 0 bridgehead atoms. The molecule has 0 atom stereocenters. The van der Waals surface area contributed by atoms with Crippen molar-refractivity contribution >= 4 is 57.5 Å². The predicted molar refractivity (Wildman–Crippen MR) is 99.3 cm³/mol. The first-order valence-corrected chi connectivity index (χ1v) is 9.59. The number of fused-ring (bicyclic) bond motifs is 6. The van der Waals surface area contributed by atoms with Crippen molar-refractivity contribution in [2.45, 2.75) is 11.3 Å². The number of thiazole rings is 1. The molecule has 2 aliphatic heterocycles. The summed E-state index contributed by atoms with van der Waals surface area (Å²) in [6.45, 7) is -4.13. The van der Waals surface area contributed by atoms with E-state index in [9.17, 15) is 9.90 Å². The zero-order valence-electron chi connectivity index (χ0n) is 13.2. The second kappa shape index (κ2) is 5.31. The van der Waals surface area contributed by atoms with Gasteiger partial charge in [-0.05, 0) is 18.2 Å². The molecule has 5 rings (SSSR count). The number of carbonyl (C=O) groups is 1. The Hall–Kier alpha value is -2.39. The lowest BCUT2D eigenvalue weighted by atomic mass is 9.88. The number of carboxylic acids is 1. The predicted octanol–water partition coefficient (Wildman–Crippen LogP) is 4.18. The quantitative estimate of drug-likeness (QED) is 0.669. The Morgan fingerprint density at radius 1 is 1.15 bits per heavy atom. The maximum Gasteiger partial charge on any atom is 0.739 e. The number of hydrogen-bond donors (Lipinski definition) is 1. The number of thioether (sulfide) groups is 1. The van der Waals surface area contributed by atoms with Crippen molar-refractivity contribution in [1.29, 1.82) is 0 Å². The van der Waals surface area contributed by atoms with E-state index in [0.717, 1.165) is 9.29 Å². The third kappa shape index (κ3) is 2.01. The van der Waals surface area contributed by atoms with Gasteiger partial charge in [-0.25, -0.2) is 0 Å². The van der Waals surface area contributed by atoms with Crippen molar-refractivity contribution in [3.63, 3.8) is 0 Å². The van der Waals surface area contributed by atoms with Crippen molar-refractivity contribution < 1.29 is 23.0 Å². The summed E-state index contributed by atoms with van der Waals surface area (Å²) in [5.41, 5.74) is 1.29. The molecule has 130 valence electrons. The highest BCUT2D eigenvalue weighted by molar-refractivity contribution is 8.04. The van der Waals surface area contributed by atoms with Gasteiger partial charge < -0.3 is 23.0 Å². The van der Waals surface area contributed by atoms with Crippen LogP contribution in [0.4, 0.5) is 14.3 Å². The number of aromatic nitrogens is 1. The summed E-state index contributed by atoms with van der Waals surface area (Å²) in [6, 6.07) is 13.9. The molecule has 0 aliphatic carbocycles. The number of anilines is 1. The monoisotopic (exact) mass is 388 g/mol. The van der Waals surface area contributed by atoms with Gasteiger partial charge in [0.25, 0.3) is 0 Å². The average Bonchev–Trinajstić information content (AvgIpc) is 3.18. The second-order valence-corrected chi connectivity index (χ2v) is 8.19. The van der Waals surface area contributed by atoms with Gasteiger partial charge in [-0.1, -0.05) is 47.4 Å². The number of nitrogens with zero attached hydrogens (tertiary/aromatic N) is 2. The van der Waals surface area contributed by atoms with Gasteiger partial charge in [-0.3, -0.25) is 4.79 Å². The second-order valence-electron chi connectivity index (χ2n) is 6.13. The van der Waals surface area contributed by atoms with Crippen LogP contribution in [0.2, 0.25) is 0 Å². The van der Waals surface area contributed by atoms with Crippen LogP contribution in [0.15, 0.2) is 58.5 Å². The summed E-state index contributed by atoms with van der Waals surface area (Å²) in [7, 11) is 0. The van der Waals surface area contributed by atoms with Crippen LogP contribution in [0.25, 0.3) is 15.8 Å². The SMILES string of the molecule is O=C(O)CC1=C2Sc3ccccc3N2[B-](F)(F)[n+]2c1sc1ccccc12. The molecule has 0 spiro atoms. The highest BCUT2D eigenvalue weighted by atomic mass is 32.2. The fraction of sp³-hybridized carbons (Fsp3) is 0.0588. The van der Waals surface area contributed by atoms with E-state index >= 15 is 8.63 Å². The molecule has 3 heterocycles. The van der Waals surface area contributed by atoms with Crippen molar-refractivity contribution in [1.82, 2.24) is 0 Å². The number of para-hydroxylation sites is 2. The van der Waals surface area contributed by atoms with Gasteiger partial charge in [0, 0.05) is 16.6 Å². The first-order valence-electron chi connectivity index (χ1n) is 7.95. The maximum absolute atomic E-state index is 15.7. The van der Waals surface area contributed by atoms with Crippen LogP contribution < -0.4 is 9.29 Å². The van der Waals surface area contributed by atoms with Crippen LogP contribution in [0, 0.1) is 0 Å². The van der Waals surface area contributed by atoms with Gasteiger partial charge >= 0.3 is 12.9 Å². The van der Waals surface area contributed by atoms with Crippen LogP contribution in [0.3, 0.4) is 0 Å². The highest BCUT2D eigenvalue weighted by Gasteiger charge is 2.58. The van der Waals surface area contributed by atoms with Crippen LogP contribution in [0.1, 0.15) is 11.4 Å². The van der Waals surface area contributed by atoms with Crippen molar-refractivity contribution in [3.8, 4) is 0 Å². The van der Waals surface area contributed by atoms with Crippen molar-refractivity contribution in [2.24, 2.45) is 0 Å². The van der Waals surface area contributed by atoms with Crippen LogP contribution >= 0.6 is 23.1 Å². The number of halogens is 2. The zero-order chi connectivity index (χ0) is 18.1. The Bertz CT molecular complexity index is 1130. The van der Waals surface area contributed by atoms with Gasteiger partial charge in [0.05, 0.1) is 21.7 Å². The van der Waals surface area contributed by atoms with Crippen molar-refractivity contribution in [3.05, 3.63) is 58.6 Å². The van der Waals surface area contributed by atoms with Crippen LogP contribution in [-0.4, -0.2) is 18.0 Å². The summed E-state index contributed by atoms with van der Waals surface area (Å²) in [4.78, 5) is 13.2. The minimum absolute atomic E-state index is 0.300. The normalized spacial score (nSPS) is 17.2. The van der Waals surface area contributed by atoms with Gasteiger partial charge in [0.15, 0.2) is 5.52 Å². The molecule has 3 aromatic rings. The van der Waals surface area contributed by atoms with Gasteiger partial charge in [0.2, 0.25) is 5.01 Å². The Kier molecular flexibility index (Phi) is 3.23. The third-order valence-corrected chi connectivity index (χ3v) is 6.97. The molecule has 9 heteroatoms. The number of aliphatic carboxylic acids is 1. The molecule has 26 heavy (non-hydrogen) atoms. The zero-order valence-corrected chi connectivity index (χ0v) is 14.9. The molecule has 0 unspecified atom stereocenters. The first-order chi connectivity index (χ1) is 12.5. The summed E-state index contributed by atoms with van der Waals surface area (Å²) >= 11 is 2.43. The molecule has 2 aromatic carbocycles. The highest BCUT2D eigenvalue weighted by Crippen LogP contribution is 2.53. The molecule has 4 nitrogen and oxygen atoms in total. The third-order valence-electron chi connectivity index (χ3n) is 4.57. The van der Waals surface area contributed by atoms with Gasteiger partial charge in [-0.2, -0.15) is 0 Å². The van der Waals surface area contributed by atoms with E-state index in [1.54, 1.807) is 48.5 Å². The lowest BCUT2D eigenvalue weighted by Crippen LogP contribution is -2.71. The lowest BCUT2D eigenvalue weighted by Gasteiger charge is -2.36. The molecule has 2 aliphatic rings. The van der Waals surface area contributed by atoms with E-state index < -0.39 is 12.9 Å². The van der Waals surface area contributed by atoms with Gasteiger partial charge in [-0.15, -0.1) is 0 Å². The molecule has 1 N–H and O–H groups in total. The fourth-order valence-corrected chi connectivity index (χ4v) is 6.10. The van der Waals surface area contributed by atoms with E-state index in [1.807, 2.05) is 0 Å². The fourth-order valence-electron chi connectivity index (χ4n) is 3.55. The molecule has 1 aromatic heterocycles. The smallest absolute Gasteiger partial charge is 0.481 e. The van der Waals surface area contributed by atoms with E-state index in [2.05, 4.69) is 0 Å². The Morgan fingerprint density at radius 2 is 1.88 bits per heavy atom. The molecule has 0 radical (unpaired) electrons. The first kappa shape index (κ1) is 15.8. The summed E-state index contributed by atoms with van der Waals surface area (Å²) < 4.78 is 33.1. The number of carboxylic acid groups (broad SMARTS) is 1. The minimum atomic E-state index is -4.13. The maximum atomic E-state index is 15.7. The Balaban J connectivity index is 1.87. The van der Waals surface area contributed by atoms with E-state index in [0.29, 0.717) is 36.4 Å². The van der Waals surface area contributed by atoms with Crippen LogP contribution in [0.5, 0.6) is 0 Å². The molecule has 0 amide bonds. The molecular formula is C17H11BF2N2O2S2. The summed E-state index contributed by atoms with van der Waals surface area (Å²) in [6.07, 6.45) is -0.300. The number of benzene rings is 2. The summed E-state index contributed by atoms with van der Waals surface area (Å²) in [5, 5.41) is 10.0. The molecule has 0 saturated carbocycles.